The molecule has 0 aliphatic carbocycles. The number of ether oxygens (including phenoxy) is 1. The monoisotopic (exact) mass is 407 g/mol. The van der Waals surface area contributed by atoms with Crippen molar-refractivity contribution in [2.45, 2.75) is 42.3 Å². The van der Waals surface area contributed by atoms with Gasteiger partial charge in [-0.2, -0.15) is 25.3 Å². The van der Waals surface area contributed by atoms with Gasteiger partial charge in [-0.25, -0.2) is 0 Å². The third kappa shape index (κ3) is 8.01. The van der Waals surface area contributed by atoms with Gasteiger partial charge < -0.3 is 35.6 Å². The molecular weight excluding hydrogens is 378 g/mol. The molecular formula is C17H29NO6S2. The van der Waals surface area contributed by atoms with Crippen LogP contribution in [0.25, 0.3) is 0 Å². The molecule has 7 nitrogen and oxygen atoms in total. The van der Waals surface area contributed by atoms with Crippen molar-refractivity contribution in [3.8, 4) is 5.75 Å². The number of thiol groups is 2. The van der Waals surface area contributed by atoms with Crippen LogP contribution in [0.3, 0.4) is 0 Å². The number of benzene rings is 1. The summed E-state index contributed by atoms with van der Waals surface area (Å²) in [5.41, 5.74) is 2.17. The molecule has 0 saturated heterocycles. The zero-order chi connectivity index (χ0) is 19.5. The Morgan fingerprint density at radius 1 is 1.00 bits per heavy atom. The Labute approximate surface area is 164 Å². The smallest absolute Gasteiger partial charge is 0.119 e. The minimum atomic E-state index is -1.42. The average molecular weight is 408 g/mol. The number of aliphatic hydroxyl groups excluding tert-OH is 5. The van der Waals surface area contributed by atoms with Gasteiger partial charge in [-0.15, -0.1) is 0 Å². The van der Waals surface area contributed by atoms with E-state index >= 15 is 0 Å². The largest absolute Gasteiger partial charge is 0.492 e. The first-order chi connectivity index (χ1) is 12.4. The summed E-state index contributed by atoms with van der Waals surface area (Å²) < 4.78 is 5.63. The standard InChI is InChI=1S/C17H29NO6S2/c19-8-13(20)6-15(21)17(23)16(22)7-18-3-4-24-14-2-1-11(9-25)12(5-14)10-26/h1-2,5,13,15-23,25-26H,3-4,6-10H2/t13-,15+,16-,17-/m0/s1. The molecule has 9 heteroatoms. The molecule has 0 aliphatic heterocycles. The van der Waals surface area contributed by atoms with Crippen LogP contribution in [0.4, 0.5) is 0 Å². The molecule has 1 rings (SSSR count). The normalized spacial score (nSPS) is 16.1. The van der Waals surface area contributed by atoms with Crippen molar-refractivity contribution in [3.05, 3.63) is 29.3 Å². The van der Waals surface area contributed by atoms with Crippen LogP contribution in [-0.4, -0.2) is 76.3 Å². The van der Waals surface area contributed by atoms with Gasteiger partial charge in [-0.1, -0.05) is 6.07 Å². The van der Waals surface area contributed by atoms with Gasteiger partial charge in [-0.05, 0) is 23.3 Å². The third-order valence-corrected chi connectivity index (χ3v) is 4.61. The zero-order valence-electron chi connectivity index (χ0n) is 14.5. The van der Waals surface area contributed by atoms with Crippen LogP contribution >= 0.6 is 25.3 Å². The molecule has 4 atom stereocenters. The highest BCUT2D eigenvalue weighted by Crippen LogP contribution is 2.20. The lowest BCUT2D eigenvalue weighted by molar-refractivity contribution is -0.0764. The second-order valence-electron chi connectivity index (χ2n) is 6.00. The van der Waals surface area contributed by atoms with Crippen LogP contribution < -0.4 is 10.1 Å². The van der Waals surface area contributed by atoms with E-state index in [1.165, 1.54) is 0 Å². The molecule has 0 amide bonds. The molecule has 0 bridgehead atoms. The van der Waals surface area contributed by atoms with E-state index in [4.69, 9.17) is 9.84 Å². The maximum absolute atomic E-state index is 9.84. The molecule has 0 aliphatic rings. The highest BCUT2D eigenvalue weighted by molar-refractivity contribution is 7.79. The van der Waals surface area contributed by atoms with Crippen molar-refractivity contribution in [2.75, 3.05) is 26.3 Å². The SMILES string of the molecule is OC[C@@H](O)C[C@@H](O)[C@H](O)[C@@H](O)CNCCOc1ccc(CS)c(CS)c1. The van der Waals surface area contributed by atoms with E-state index in [0.29, 0.717) is 24.7 Å². The fourth-order valence-corrected chi connectivity index (χ4v) is 2.96. The number of nitrogens with one attached hydrogen (secondary N) is 1. The van der Waals surface area contributed by atoms with E-state index in [2.05, 4.69) is 30.6 Å². The summed E-state index contributed by atoms with van der Waals surface area (Å²) in [6, 6.07) is 5.73. The second-order valence-corrected chi connectivity index (χ2v) is 6.63. The highest BCUT2D eigenvalue weighted by Gasteiger charge is 2.26. The fraction of sp³-hybridized carbons (Fsp3) is 0.647. The van der Waals surface area contributed by atoms with E-state index in [0.717, 1.165) is 16.9 Å². The molecule has 0 aromatic heterocycles. The predicted molar refractivity (Wildman–Crippen MR) is 106 cm³/mol. The second kappa shape index (κ2) is 12.8. The third-order valence-electron chi connectivity index (χ3n) is 3.93. The van der Waals surface area contributed by atoms with E-state index in [1.807, 2.05) is 18.2 Å². The minimum absolute atomic E-state index is 0.0529. The Kier molecular flexibility index (Phi) is 11.6. The van der Waals surface area contributed by atoms with Gasteiger partial charge in [0.05, 0.1) is 24.9 Å². The molecule has 150 valence electrons. The van der Waals surface area contributed by atoms with E-state index in [9.17, 15) is 20.4 Å². The summed E-state index contributed by atoms with van der Waals surface area (Å²) in [6.45, 7) is 0.334. The fourth-order valence-electron chi connectivity index (χ4n) is 2.35. The molecule has 0 fully saturated rings. The topological polar surface area (TPSA) is 122 Å². The summed E-state index contributed by atoms with van der Waals surface area (Å²) >= 11 is 8.55. The van der Waals surface area contributed by atoms with Crippen molar-refractivity contribution in [1.82, 2.24) is 5.32 Å². The number of aliphatic hydroxyl groups is 5. The Balaban J connectivity index is 2.29. The number of hydrogen-bond donors (Lipinski definition) is 8. The summed E-state index contributed by atoms with van der Waals surface area (Å²) in [5, 5.41) is 50.2. The number of rotatable bonds is 13. The van der Waals surface area contributed by atoms with Gasteiger partial charge in [-0.3, -0.25) is 0 Å². The van der Waals surface area contributed by atoms with Gasteiger partial charge in [0.25, 0.3) is 0 Å². The molecule has 0 heterocycles. The first kappa shape index (κ1) is 23.5. The lowest BCUT2D eigenvalue weighted by Gasteiger charge is -2.24. The quantitative estimate of drug-likeness (QED) is 0.161. The predicted octanol–water partition coefficient (Wildman–Crippen LogP) is -0.659. The molecule has 0 unspecified atom stereocenters. The van der Waals surface area contributed by atoms with Gasteiger partial charge in [0.15, 0.2) is 0 Å². The Hall–Kier alpha value is -0.520. The first-order valence-electron chi connectivity index (χ1n) is 8.43. The summed E-state index contributed by atoms with van der Waals surface area (Å²) in [7, 11) is 0. The van der Waals surface area contributed by atoms with Crippen LogP contribution in [0.1, 0.15) is 17.5 Å². The van der Waals surface area contributed by atoms with Crippen LogP contribution in [0.15, 0.2) is 18.2 Å². The van der Waals surface area contributed by atoms with E-state index < -0.39 is 31.0 Å². The van der Waals surface area contributed by atoms with Gasteiger partial charge in [0.1, 0.15) is 18.5 Å². The Morgan fingerprint density at radius 3 is 2.31 bits per heavy atom. The van der Waals surface area contributed by atoms with E-state index in [-0.39, 0.29) is 13.0 Å². The lowest BCUT2D eigenvalue weighted by atomic mass is 10.0. The van der Waals surface area contributed by atoms with Crippen molar-refractivity contribution in [1.29, 1.82) is 0 Å². The van der Waals surface area contributed by atoms with Gasteiger partial charge in [0.2, 0.25) is 0 Å². The van der Waals surface area contributed by atoms with E-state index in [1.54, 1.807) is 0 Å². The summed E-state index contributed by atoms with van der Waals surface area (Å²) in [5.74, 6) is 1.96. The average Bonchev–Trinajstić information content (AvgIpc) is 2.66. The van der Waals surface area contributed by atoms with Crippen molar-refractivity contribution < 1.29 is 30.3 Å². The van der Waals surface area contributed by atoms with Crippen molar-refractivity contribution in [2.24, 2.45) is 0 Å². The molecule has 1 aromatic rings. The summed E-state index contributed by atoms with van der Waals surface area (Å²) in [4.78, 5) is 0. The van der Waals surface area contributed by atoms with Crippen LogP contribution in [0.2, 0.25) is 0 Å². The molecule has 0 saturated carbocycles. The van der Waals surface area contributed by atoms with Crippen LogP contribution in [-0.2, 0) is 11.5 Å². The Morgan fingerprint density at radius 2 is 1.69 bits per heavy atom. The molecule has 26 heavy (non-hydrogen) atoms. The lowest BCUT2D eigenvalue weighted by Crippen LogP contribution is -2.45. The molecule has 6 N–H and O–H groups in total. The molecule has 0 radical (unpaired) electrons. The maximum atomic E-state index is 9.84. The first-order valence-corrected chi connectivity index (χ1v) is 9.69. The minimum Gasteiger partial charge on any atom is -0.492 e. The highest BCUT2D eigenvalue weighted by atomic mass is 32.1. The van der Waals surface area contributed by atoms with Gasteiger partial charge >= 0.3 is 0 Å². The number of hydrogen-bond acceptors (Lipinski definition) is 9. The van der Waals surface area contributed by atoms with Crippen molar-refractivity contribution >= 4 is 25.3 Å². The molecule has 1 aromatic carbocycles. The Bertz CT molecular complexity index is 522. The maximum Gasteiger partial charge on any atom is 0.119 e. The van der Waals surface area contributed by atoms with Crippen LogP contribution in [0.5, 0.6) is 5.75 Å². The van der Waals surface area contributed by atoms with Gasteiger partial charge in [0, 0.05) is 31.0 Å². The summed E-state index contributed by atoms with van der Waals surface area (Å²) in [6.07, 6.45) is -5.30. The van der Waals surface area contributed by atoms with Crippen molar-refractivity contribution in [3.63, 3.8) is 0 Å². The van der Waals surface area contributed by atoms with Crippen LogP contribution in [0, 0.1) is 0 Å². The zero-order valence-corrected chi connectivity index (χ0v) is 16.3. The molecule has 0 spiro atoms.